The van der Waals surface area contributed by atoms with Crippen LogP contribution in [0.1, 0.15) is 22.3 Å². The minimum absolute atomic E-state index is 0.391. The van der Waals surface area contributed by atoms with Crippen molar-refractivity contribution in [3.63, 3.8) is 0 Å². The van der Waals surface area contributed by atoms with Gasteiger partial charge in [-0.2, -0.15) is 21.0 Å². The number of nitriles is 4. The van der Waals surface area contributed by atoms with Crippen molar-refractivity contribution < 1.29 is 0 Å². The maximum Gasteiger partial charge on any atom is 0.164 e. The highest BCUT2D eigenvalue weighted by atomic mass is 15.0. The summed E-state index contributed by atoms with van der Waals surface area (Å²) >= 11 is 0. The smallest absolute Gasteiger partial charge is 0.164 e. The quantitative estimate of drug-likeness (QED) is 0.154. The van der Waals surface area contributed by atoms with Crippen LogP contribution in [0.15, 0.2) is 176 Å². The van der Waals surface area contributed by atoms with Crippen molar-refractivity contribution in [1.29, 1.82) is 21.0 Å². The number of aromatic nitrogens is 5. The zero-order valence-corrected chi connectivity index (χ0v) is 33.3. The maximum absolute atomic E-state index is 9.85. The Balaban J connectivity index is 1.27. The molecule has 290 valence electrons. The van der Waals surface area contributed by atoms with Gasteiger partial charge in [-0.1, -0.05) is 91.0 Å². The monoisotopic (exact) mass is 803 g/mol. The summed E-state index contributed by atoms with van der Waals surface area (Å²) in [7, 11) is 0. The highest BCUT2D eigenvalue weighted by Crippen LogP contribution is 2.40. The Kier molecular flexibility index (Phi) is 9.52. The lowest BCUT2D eigenvalue weighted by Gasteiger charge is -2.15. The molecule has 9 heteroatoms. The molecule has 0 saturated heterocycles. The van der Waals surface area contributed by atoms with E-state index >= 15 is 0 Å². The second kappa shape index (κ2) is 15.9. The molecule has 0 aliphatic heterocycles. The third-order valence-corrected chi connectivity index (χ3v) is 11.0. The van der Waals surface area contributed by atoms with Crippen molar-refractivity contribution in [2.75, 3.05) is 0 Å². The summed E-state index contributed by atoms with van der Waals surface area (Å²) in [6.07, 6.45) is 1.76. The van der Waals surface area contributed by atoms with Crippen molar-refractivity contribution in [2.24, 2.45) is 0 Å². The predicted octanol–water partition coefficient (Wildman–Crippen LogP) is 11.9. The minimum Gasteiger partial charge on any atom is -0.309 e. The first-order chi connectivity index (χ1) is 31.0. The second-order valence-corrected chi connectivity index (χ2v) is 14.8. The summed E-state index contributed by atoms with van der Waals surface area (Å²) in [5.41, 5.74) is 11.2. The first-order valence-corrected chi connectivity index (χ1v) is 19.9. The Hall–Kier alpha value is -9.54. The largest absolute Gasteiger partial charge is 0.309 e. The van der Waals surface area contributed by atoms with Crippen LogP contribution in [0.25, 0.3) is 95.2 Å². The van der Waals surface area contributed by atoms with Gasteiger partial charge in [-0.15, -0.1) is 0 Å². The Morgan fingerprint density at radius 3 is 1.30 bits per heavy atom. The van der Waals surface area contributed by atoms with Crippen LogP contribution in [-0.4, -0.2) is 24.5 Å². The molecule has 63 heavy (non-hydrogen) atoms. The molecule has 0 bridgehead atoms. The van der Waals surface area contributed by atoms with Gasteiger partial charge in [0.05, 0.1) is 63.3 Å². The fourth-order valence-corrected chi connectivity index (χ4v) is 8.03. The standard InChI is InChI=1S/C54H29N9/c55-30-34-21-35(31-56)24-42(23-34)40-14-17-46-47-18-15-41(43-25-36(32-57)22-37(26-43)33-58)28-51(47)63(50(46)27-40)44-16-19-45(49-13-7-8-20-59-49)48(29-44)54-61-52(38-9-3-1-4-10-38)60-53(62-54)39-11-5-2-6-12-39/h1-29H. The number of nitrogens with zero attached hydrogens (tertiary/aromatic N) is 9. The summed E-state index contributed by atoms with van der Waals surface area (Å²) in [5, 5.41) is 41.3. The predicted molar refractivity (Wildman–Crippen MR) is 243 cm³/mol. The summed E-state index contributed by atoms with van der Waals surface area (Å²) in [6, 6.07) is 63.0. The third-order valence-electron chi connectivity index (χ3n) is 11.0. The van der Waals surface area contributed by atoms with Gasteiger partial charge in [0.25, 0.3) is 0 Å². The maximum atomic E-state index is 9.85. The van der Waals surface area contributed by atoms with Crippen molar-refractivity contribution in [3.8, 4) is 97.6 Å². The molecule has 0 saturated carbocycles. The van der Waals surface area contributed by atoms with Crippen molar-refractivity contribution >= 4 is 21.8 Å². The van der Waals surface area contributed by atoms with Gasteiger partial charge in [-0.3, -0.25) is 4.98 Å². The zero-order valence-electron chi connectivity index (χ0n) is 33.3. The molecular weight excluding hydrogens is 775 g/mol. The van der Waals surface area contributed by atoms with E-state index in [2.05, 4.69) is 65.2 Å². The number of benzene rings is 7. The van der Waals surface area contributed by atoms with Gasteiger partial charge in [0.2, 0.25) is 0 Å². The van der Waals surface area contributed by atoms with Crippen molar-refractivity contribution in [1.82, 2.24) is 24.5 Å². The van der Waals surface area contributed by atoms with Crippen molar-refractivity contribution in [2.45, 2.75) is 0 Å². The summed E-state index contributed by atoms with van der Waals surface area (Å²) in [4.78, 5) is 20.0. The second-order valence-electron chi connectivity index (χ2n) is 14.8. The summed E-state index contributed by atoms with van der Waals surface area (Å²) in [5.74, 6) is 1.51. The average Bonchev–Trinajstić information content (AvgIpc) is 3.69. The van der Waals surface area contributed by atoms with Crippen LogP contribution < -0.4 is 0 Å². The molecule has 0 fully saturated rings. The molecule has 0 spiro atoms. The van der Waals surface area contributed by atoms with Gasteiger partial charge in [0, 0.05) is 44.9 Å². The molecule has 9 nitrogen and oxygen atoms in total. The number of fused-ring (bicyclic) bond motifs is 3. The van der Waals surface area contributed by atoms with Crippen LogP contribution in [0.4, 0.5) is 0 Å². The van der Waals surface area contributed by atoms with Crippen LogP contribution in [0.2, 0.25) is 0 Å². The average molecular weight is 804 g/mol. The first kappa shape index (κ1) is 37.7. The molecule has 0 atom stereocenters. The van der Waals surface area contributed by atoms with E-state index in [1.165, 1.54) is 0 Å². The van der Waals surface area contributed by atoms with E-state index < -0.39 is 0 Å². The van der Waals surface area contributed by atoms with Crippen LogP contribution in [0.5, 0.6) is 0 Å². The SMILES string of the molecule is N#Cc1cc(C#N)cc(-c2ccc3c4ccc(-c5cc(C#N)cc(C#N)c5)cc4n(-c4ccc(-c5ccccn5)c(-c5nc(-c6ccccc6)nc(-c6ccccc6)n5)c4)c3c2)c1. The van der Waals surface area contributed by atoms with Crippen LogP contribution in [-0.2, 0) is 0 Å². The molecule has 0 aliphatic carbocycles. The van der Waals surface area contributed by atoms with Gasteiger partial charge < -0.3 is 4.57 Å². The van der Waals surface area contributed by atoms with E-state index in [0.717, 1.165) is 77.7 Å². The zero-order chi connectivity index (χ0) is 42.9. The highest BCUT2D eigenvalue weighted by Gasteiger charge is 2.21. The molecule has 7 aromatic carbocycles. The van der Waals surface area contributed by atoms with E-state index in [0.29, 0.717) is 39.7 Å². The van der Waals surface area contributed by atoms with Gasteiger partial charge in [-0.05, 0) is 101 Å². The highest BCUT2D eigenvalue weighted by molar-refractivity contribution is 6.11. The Morgan fingerprint density at radius 2 is 0.841 bits per heavy atom. The van der Waals surface area contributed by atoms with Gasteiger partial charge >= 0.3 is 0 Å². The van der Waals surface area contributed by atoms with Crippen LogP contribution in [0, 0.1) is 45.3 Å². The lowest BCUT2D eigenvalue weighted by molar-refractivity contribution is 1.07. The van der Waals surface area contributed by atoms with E-state index in [9.17, 15) is 21.0 Å². The molecular formula is C54H29N9. The Morgan fingerprint density at radius 1 is 0.365 bits per heavy atom. The molecule has 10 rings (SSSR count). The van der Waals surface area contributed by atoms with E-state index in [4.69, 9.17) is 19.9 Å². The number of rotatable bonds is 7. The molecule has 0 radical (unpaired) electrons. The minimum atomic E-state index is 0.391. The number of pyridine rings is 1. The molecule has 0 aliphatic rings. The molecule has 3 heterocycles. The first-order valence-electron chi connectivity index (χ1n) is 19.9. The summed E-state index contributed by atoms with van der Waals surface area (Å²) < 4.78 is 2.18. The van der Waals surface area contributed by atoms with Gasteiger partial charge in [-0.25, -0.2) is 15.0 Å². The van der Waals surface area contributed by atoms with Gasteiger partial charge in [0.1, 0.15) is 0 Å². The molecule has 3 aromatic heterocycles. The topological polar surface area (TPSA) is 152 Å². The van der Waals surface area contributed by atoms with Crippen LogP contribution in [0.3, 0.4) is 0 Å². The normalized spacial score (nSPS) is 10.8. The third kappa shape index (κ3) is 7.07. The Bertz CT molecular complexity index is 3350. The van der Waals surface area contributed by atoms with E-state index in [1.807, 2.05) is 97.1 Å². The van der Waals surface area contributed by atoms with Crippen molar-refractivity contribution in [3.05, 3.63) is 198 Å². The number of hydrogen-bond donors (Lipinski definition) is 0. The fourth-order valence-electron chi connectivity index (χ4n) is 8.03. The summed E-state index contributed by atoms with van der Waals surface area (Å²) in [6.45, 7) is 0. The molecule has 0 N–H and O–H groups in total. The van der Waals surface area contributed by atoms with Crippen LogP contribution >= 0.6 is 0 Å². The fraction of sp³-hybridized carbons (Fsp3) is 0. The molecule has 10 aromatic rings. The van der Waals surface area contributed by atoms with Gasteiger partial charge in [0.15, 0.2) is 17.5 Å². The number of hydrogen-bond acceptors (Lipinski definition) is 8. The molecule has 0 unspecified atom stereocenters. The van der Waals surface area contributed by atoms with E-state index in [1.54, 1.807) is 42.6 Å². The van der Waals surface area contributed by atoms with E-state index in [-0.39, 0.29) is 0 Å². The Labute approximate surface area is 362 Å². The lowest BCUT2D eigenvalue weighted by atomic mass is 9.98. The lowest BCUT2D eigenvalue weighted by Crippen LogP contribution is -2.03. The molecule has 0 amide bonds.